The second kappa shape index (κ2) is 4.99. The first-order chi connectivity index (χ1) is 8.28. The summed E-state index contributed by atoms with van der Waals surface area (Å²) in [5.74, 6) is -1.16. The van der Waals surface area contributed by atoms with Crippen LogP contribution >= 0.6 is 0 Å². The Morgan fingerprint density at radius 3 is 2.50 bits per heavy atom. The van der Waals surface area contributed by atoms with Crippen LogP contribution in [0.25, 0.3) is 0 Å². The molecule has 1 aromatic rings. The molecule has 0 radical (unpaired) electrons. The maximum atomic E-state index is 11.9. The molecule has 1 heterocycles. The van der Waals surface area contributed by atoms with Crippen LogP contribution in [-0.4, -0.2) is 28.4 Å². The molecule has 0 unspecified atom stereocenters. The van der Waals surface area contributed by atoms with E-state index in [0.717, 1.165) is 10.6 Å². The van der Waals surface area contributed by atoms with E-state index in [1.165, 1.54) is 27.2 Å². The summed E-state index contributed by atoms with van der Waals surface area (Å²) in [6.07, 6.45) is 1.20. The van der Waals surface area contributed by atoms with Crippen molar-refractivity contribution in [3.05, 3.63) is 33.1 Å². The molecule has 1 N–H and O–H groups in total. The van der Waals surface area contributed by atoms with Crippen molar-refractivity contribution in [3.63, 3.8) is 0 Å². The molecule has 18 heavy (non-hydrogen) atoms. The molecule has 0 aliphatic heterocycles. The lowest BCUT2D eigenvalue weighted by Gasteiger charge is -2.20. The third kappa shape index (κ3) is 2.73. The number of nitrogens with zero attached hydrogens (tertiary/aromatic N) is 1. The van der Waals surface area contributed by atoms with Gasteiger partial charge in [0, 0.05) is 12.3 Å². The summed E-state index contributed by atoms with van der Waals surface area (Å²) in [5.41, 5.74) is -2.59. The molecule has 0 saturated heterocycles. The lowest BCUT2D eigenvalue weighted by atomic mass is 9.88. The SMILES string of the molecule is COC(=O)C(C)(C)C(=O)Cn1ccc(=O)[nH]c1=O. The van der Waals surface area contributed by atoms with E-state index in [4.69, 9.17) is 0 Å². The predicted octanol–water partition coefficient (Wildman–Crippen LogP) is -0.695. The Bertz CT molecular complexity index is 582. The van der Waals surface area contributed by atoms with Gasteiger partial charge in [0.05, 0.1) is 13.7 Å². The number of esters is 1. The Kier molecular flexibility index (Phi) is 3.85. The molecule has 0 spiro atoms. The van der Waals surface area contributed by atoms with E-state index in [0.29, 0.717) is 0 Å². The van der Waals surface area contributed by atoms with Gasteiger partial charge in [-0.3, -0.25) is 23.9 Å². The molecule has 0 aliphatic rings. The highest BCUT2D eigenvalue weighted by Crippen LogP contribution is 2.19. The molecule has 0 atom stereocenters. The van der Waals surface area contributed by atoms with Crippen molar-refractivity contribution in [3.8, 4) is 0 Å². The van der Waals surface area contributed by atoms with Crippen LogP contribution in [0.3, 0.4) is 0 Å². The highest BCUT2D eigenvalue weighted by atomic mass is 16.5. The lowest BCUT2D eigenvalue weighted by Crippen LogP contribution is -2.40. The molecule has 1 aromatic heterocycles. The van der Waals surface area contributed by atoms with E-state index < -0.39 is 28.4 Å². The number of aromatic amines is 1. The molecule has 0 bridgehead atoms. The van der Waals surface area contributed by atoms with Crippen LogP contribution in [0.4, 0.5) is 0 Å². The Hall–Kier alpha value is -2.18. The minimum atomic E-state index is -1.34. The smallest absolute Gasteiger partial charge is 0.328 e. The highest BCUT2D eigenvalue weighted by Gasteiger charge is 2.36. The number of carbonyl (C=O) groups excluding carboxylic acids is 2. The molecular weight excluding hydrogens is 240 g/mol. The van der Waals surface area contributed by atoms with E-state index >= 15 is 0 Å². The zero-order valence-electron chi connectivity index (χ0n) is 10.4. The van der Waals surface area contributed by atoms with Crippen LogP contribution in [0, 0.1) is 5.41 Å². The topological polar surface area (TPSA) is 98.2 Å². The fraction of sp³-hybridized carbons (Fsp3) is 0.455. The van der Waals surface area contributed by atoms with Gasteiger partial charge < -0.3 is 4.74 Å². The average Bonchev–Trinajstić information content (AvgIpc) is 2.31. The average molecular weight is 254 g/mol. The Morgan fingerprint density at radius 2 is 2.00 bits per heavy atom. The molecule has 98 valence electrons. The molecular formula is C11H14N2O5. The summed E-state index contributed by atoms with van der Waals surface area (Å²) in [4.78, 5) is 47.6. The van der Waals surface area contributed by atoms with Gasteiger partial charge in [-0.1, -0.05) is 0 Å². The van der Waals surface area contributed by atoms with E-state index in [9.17, 15) is 19.2 Å². The van der Waals surface area contributed by atoms with Gasteiger partial charge in [0.2, 0.25) is 0 Å². The van der Waals surface area contributed by atoms with Crippen molar-refractivity contribution in [2.24, 2.45) is 5.41 Å². The van der Waals surface area contributed by atoms with Gasteiger partial charge >= 0.3 is 11.7 Å². The summed E-state index contributed by atoms with van der Waals surface area (Å²) in [7, 11) is 1.18. The Morgan fingerprint density at radius 1 is 1.39 bits per heavy atom. The van der Waals surface area contributed by atoms with Crippen LogP contribution in [0.2, 0.25) is 0 Å². The van der Waals surface area contributed by atoms with Crippen molar-refractivity contribution in [2.75, 3.05) is 7.11 Å². The third-order valence-corrected chi connectivity index (χ3v) is 2.60. The van der Waals surface area contributed by atoms with Gasteiger partial charge in [-0.25, -0.2) is 4.79 Å². The lowest BCUT2D eigenvalue weighted by molar-refractivity contribution is -0.155. The van der Waals surface area contributed by atoms with Gasteiger partial charge in [-0.15, -0.1) is 0 Å². The summed E-state index contributed by atoms with van der Waals surface area (Å²) in [6.45, 7) is 2.52. The van der Waals surface area contributed by atoms with Crippen molar-refractivity contribution in [1.82, 2.24) is 9.55 Å². The first kappa shape index (κ1) is 13.9. The fourth-order valence-electron chi connectivity index (χ4n) is 1.29. The number of nitrogens with one attached hydrogen (secondary N) is 1. The van der Waals surface area contributed by atoms with Crippen LogP contribution in [0.1, 0.15) is 13.8 Å². The third-order valence-electron chi connectivity index (χ3n) is 2.60. The molecule has 1 rings (SSSR count). The molecule has 0 fully saturated rings. The van der Waals surface area contributed by atoms with E-state index in [1.807, 2.05) is 4.98 Å². The maximum absolute atomic E-state index is 11.9. The van der Waals surface area contributed by atoms with E-state index in [2.05, 4.69) is 4.74 Å². The molecule has 0 saturated carbocycles. The summed E-state index contributed by atoms with van der Waals surface area (Å²) in [6, 6.07) is 1.12. The zero-order valence-corrected chi connectivity index (χ0v) is 10.4. The Labute approximate surface area is 102 Å². The van der Waals surface area contributed by atoms with Crippen LogP contribution in [0.5, 0.6) is 0 Å². The quantitative estimate of drug-likeness (QED) is 0.566. The second-order valence-electron chi connectivity index (χ2n) is 4.28. The number of carbonyl (C=O) groups is 2. The van der Waals surface area contributed by atoms with Crippen molar-refractivity contribution in [1.29, 1.82) is 0 Å². The number of ketones is 1. The zero-order chi connectivity index (χ0) is 13.9. The van der Waals surface area contributed by atoms with Gasteiger partial charge in [0.25, 0.3) is 5.56 Å². The normalized spacial score (nSPS) is 11.1. The number of hydrogen-bond donors (Lipinski definition) is 1. The summed E-state index contributed by atoms with van der Waals surface area (Å²) in [5, 5.41) is 0. The van der Waals surface area contributed by atoms with E-state index in [1.54, 1.807) is 0 Å². The van der Waals surface area contributed by atoms with Crippen LogP contribution < -0.4 is 11.2 Å². The van der Waals surface area contributed by atoms with Gasteiger partial charge in [0.15, 0.2) is 5.78 Å². The highest BCUT2D eigenvalue weighted by molar-refractivity contribution is 6.02. The minimum absolute atomic E-state index is 0.308. The van der Waals surface area contributed by atoms with Crippen LogP contribution in [0.15, 0.2) is 21.9 Å². The standard InChI is InChI=1S/C11H14N2O5/c1-11(2,9(16)18-3)7(14)6-13-5-4-8(15)12-10(13)17/h4-5H,6H2,1-3H3,(H,12,15,17). The molecule has 0 aliphatic carbocycles. The number of hydrogen-bond acceptors (Lipinski definition) is 5. The first-order valence-corrected chi connectivity index (χ1v) is 5.20. The number of H-pyrrole nitrogens is 1. The summed E-state index contributed by atoms with van der Waals surface area (Å²) >= 11 is 0. The molecule has 0 aromatic carbocycles. The number of Topliss-reactive ketones (excluding diaryl/α,β-unsaturated/α-hetero) is 1. The van der Waals surface area contributed by atoms with Crippen molar-refractivity contribution >= 4 is 11.8 Å². The monoisotopic (exact) mass is 254 g/mol. The number of methoxy groups -OCH3 is 1. The Balaban J connectivity index is 2.98. The maximum Gasteiger partial charge on any atom is 0.328 e. The van der Waals surface area contributed by atoms with Crippen molar-refractivity contribution in [2.45, 2.75) is 20.4 Å². The molecule has 7 nitrogen and oxygen atoms in total. The van der Waals surface area contributed by atoms with Crippen LogP contribution in [-0.2, 0) is 20.9 Å². The number of rotatable bonds is 4. The van der Waals surface area contributed by atoms with Gasteiger partial charge in [0.1, 0.15) is 5.41 Å². The number of aromatic nitrogens is 2. The molecule has 0 amide bonds. The first-order valence-electron chi connectivity index (χ1n) is 5.20. The summed E-state index contributed by atoms with van der Waals surface area (Å²) < 4.78 is 5.54. The van der Waals surface area contributed by atoms with E-state index in [-0.39, 0.29) is 6.54 Å². The fourth-order valence-corrected chi connectivity index (χ4v) is 1.29. The minimum Gasteiger partial charge on any atom is -0.468 e. The second-order valence-corrected chi connectivity index (χ2v) is 4.28. The number of ether oxygens (including phenoxy) is 1. The van der Waals surface area contributed by atoms with Gasteiger partial charge in [-0.2, -0.15) is 0 Å². The van der Waals surface area contributed by atoms with Gasteiger partial charge in [-0.05, 0) is 13.8 Å². The molecule has 7 heteroatoms. The predicted molar refractivity (Wildman–Crippen MR) is 62.1 cm³/mol. The largest absolute Gasteiger partial charge is 0.468 e. The van der Waals surface area contributed by atoms with Crippen molar-refractivity contribution < 1.29 is 14.3 Å².